The fraction of sp³-hybridized carbons (Fsp3) is 0.889. The van der Waals surface area contributed by atoms with Gasteiger partial charge >= 0.3 is 0 Å². The topological polar surface area (TPSA) is 66.4 Å². The van der Waals surface area contributed by atoms with Crippen molar-refractivity contribution < 1.29 is 22.2 Å². The van der Waals surface area contributed by atoms with E-state index in [4.69, 9.17) is 17.7 Å². The van der Waals surface area contributed by atoms with Gasteiger partial charge in [-0.1, -0.05) is 45.4 Å². The van der Waals surface area contributed by atoms with Crippen LogP contribution in [0.3, 0.4) is 0 Å². The molecule has 0 aromatic heterocycles. The van der Waals surface area contributed by atoms with E-state index < -0.39 is 10.1 Å². The number of quaternary nitrogens is 1. The third-order valence-corrected chi connectivity index (χ3v) is 4.77. The maximum atomic E-state index is 9.08. The van der Waals surface area contributed by atoms with Crippen LogP contribution in [-0.2, 0) is 14.9 Å². The highest BCUT2D eigenvalue weighted by Crippen LogP contribution is 2.15. The molecule has 25 heavy (non-hydrogen) atoms. The molecular weight excluding hydrogens is 453 g/mol. The highest BCUT2D eigenvalue weighted by molar-refractivity contribution is 14.1. The quantitative estimate of drug-likeness (QED) is 0.156. The van der Waals surface area contributed by atoms with Gasteiger partial charge in [0.15, 0.2) is 0 Å². The Hall–Kier alpha value is 0.120. The highest BCUT2D eigenvalue weighted by atomic mass is 127. The van der Waals surface area contributed by atoms with E-state index in [1.54, 1.807) is 0 Å². The molecule has 1 aliphatic rings. The summed E-state index contributed by atoms with van der Waals surface area (Å²) < 4.78 is 37.0. The number of hydrogen-bond donors (Lipinski definition) is 0. The molecule has 0 atom stereocenters. The summed E-state index contributed by atoms with van der Waals surface area (Å²) in [6.45, 7) is 8.74. The van der Waals surface area contributed by atoms with Crippen molar-refractivity contribution in [3.05, 3.63) is 0 Å². The monoisotopic (exact) mass is 487 g/mol. The summed E-state index contributed by atoms with van der Waals surface area (Å²) in [7, 11) is -3.92. The van der Waals surface area contributed by atoms with E-state index in [0.29, 0.717) is 6.26 Å². The highest BCUT2D eigenvalue weighted by Gasteiger charge is 2.28. The molecule has 0 amide bonds. The molecule has 1 rings (SSSR count). The summed E-state index contributed by atoms with van der Waals surface area (Å²) in [6.07, 6.45) is 11.8. The van der Waals surface area contributed by atoms with Gasteiger partial charge in [0.1, 0.15) is 19.6 Å². The molecule has 5 nitrogen and oxygen atoms in total. The number of hydrogen-bond acceptors (Lipinski definition) is 4. The first-order valence-corrected chi connectivity index (χ1v) is 12.1. The number of ether oxygens (including phenoxy) is 1. The molecule has 0 aromatic rings. The van der Waals surface area contributed by atoms with Crippen LogP contribution in [0.15, 0.2) is 0 Å². The zero-order valence-corrected chi connectivity index (χ0v) is 18.7. The van der Waals surface area contributed by atoms with Gasteiger partial charge in [0.2, 0.25) is 0 Å². The van der Waals surface area contributed by atoms with Crippen LogP contribution in [0.5, 0.6) is 0 Å². The fourth-order valence-electron chi connectivity index (χ4n) is 2.97. The Kier molecular flexibility index (Phi) is 15.3. The number of nitrogens with zero attached hydrogens (tertiary/aromatic N) is 1. The first-order chi connectivity index (χ1) is 11.8. The molecule has 0 N–H and O–H groups in total. The minimum Gasteiger partial charge on any atom is -0.748 e. The van der Waals surface area contributed by atoms with Crippen LogP contribution < -0.4 is 0 Å². The Labute approximate surface area is 168 Å². The van der Waals surface area contributed by atoms with Crippen LogP contribution in [0.25, 0.3) is 0 Å². The van der Waals surface area contributed by atoms with Gasteiger partial charge in [0, 0.05) is 28.8 Å². The predicted octanol–water partition coefficient (Wildman–Crippen LogP) is 3.53. The molecule has 1 fully saturated rings. The van der Waals surface area contributed by atoms with E-state index in [9.17, 15) is 0 Å². The lowest BCUT2D eigenvalue weighted by Gasteiger charge is -2.40. The summed E-state index contributed by atoms with van der Waals surface area (Å²) in [5, 5.41) is 0. The standard InChI is InChI=1S/C17H31INO.CH4O3S/c1-2-3-4-5-6-7-8-9-12-19(13-10-11-18)14-16-20-17-15-19;1-5(2,3)4/h2-9,12-17H2,1H3;1H3,(H,2,3,4)/q+1;/p-1. The Morgan fingerprint density at radius 1 is 1.04 bits per heavy atom. The van der Waals surface area contributed by atoms with Crippen LogP contribution >= 0.6 is 22.6 Å². The van der Waals surface area contributed by atoms with Gasteiger partial charge < -0.3 is 13.8 Å². The molecule has 0 saturated carbocycles. The maximum absolute atomic E-state index is 9.08. The summed E-state index contributed by atoms with van der Waals surface area (Å²) in [4.78, 5) is 0. The molecule has 1 heterocycles. The van der Waals surface area contributed by atoms with E-state index in [0.717, 1.165) is 32.8 Å². The van der Waals surface area contributed by atoms with E-state index in [1.165, 1.54) is 62.4 Å². The van der Waals surface area contributed by atoms with Crippen molar-refractivity contribution in [1.29, 1.82) is 0 Å². The Balaban J connectivity index is 0.00000101. The summed E-state index contributed by atoms with van der Waals surface area (Å²) in [5.74, 6) is 3.29. The molecular formula is C18H34INO4S. The summed E-state index contributed by atoms with van der Waals surface area (Å²) in [5.41, 5.74) is 0. The summed E-state index contributed by atoms with van der Waals surface area (Å²) >= 11 is 2.15. The second kappa shape index (κ2) is 15.2. The van der Waals surface area contributed by atoms with Gasteiger partial charge in [0.05, 0.1) is 29.9 Å². The largest absolute Gasteiger partial charge is 0.748 e. The number of rotatable bonds is 10. The normalized spacial score (nSPS) is 16.3. The third-order valence-electron chi connectivity index (χ3n) is 4.39. The number of unbranched alkanes of at least 4 members (excludes halogenated alkanes) is 7. The van der Waals surface area contributed by atoms with Gasteiger partial charge in [-0.05, 0) is 22.7 Å². The van der Waals surface area contributed by atoms with Gasteiger partial charge in [-0.3, -0.25) is 0 Å². The van der Waals surface area contributed by atoms with Crippen molar-refractivity contribution in [2.24, 2.45) is 0 Å². The Morgan fingerprint density at radius 3 is 2.00 bits per heavy atom. The average Bonchev–Trinajstić information content (AvgIpc) is 2.55. The van der Waals surface area contributed by atoms with Crippen LogP contribution in [-0.4, -0.2) is 63.1 Å². The van der Waals surface area contributed by atoms with Crippen LogP contribution in [0, 0.1) is 9.85 Å². The molecule has 0 unspecified atom stereocenters. The maximum Gasteiger partial charge on any atom is 0.141 e. The molecule has 148 valence electrons. The van der Waals surface area contributed by atoms with E-state index in [1.807, 2.05) is 0 Å². The molecule has 0 aromatic carbocycles. The van der Waals surface area contributed by atoms with E-state index >= 15 is 0 Å². The van der Waals surface area contributed by atoms with Crippen molar-refractivity contribution in [2.75, 3.05) is 45.6 Å². The molecule has 0 aliphatic carbocycles. The van der Waals surface area contributed by atoms with Gasteiger partial charge in [-0.15, -0.1) is 0 Å². The average molecular weight is 487 g/mol. The SMILES string of the molecule is CCCCCCCCCC[N+]1(CC#CI)CCOCC1.CS(=O)(=O)[O-]. The fourth-order valence-corrected chi connectivity index (χ4v) is 3.14. The zero-order chi connectivity index (χ0) is 19.0. The van der Waals surface area contributed by atoms with Crippen molar-refractivity contribution in [2.45, 2.75) is 58.3 Å². The van der Waals surface area contributed by atoms with Crippen molar-refractivity contribution >= 4 is 32.7 Å². The number of halogens is 1. The molecule has 1 aliphatic heterocycles. The second-order valence-corrected chi connectivity index (χ2v) is 8.68. The molecule has 1 saturated heterocycles. The van der Waals surface area contributed by atoms with E-state index in [-0.39, 0.29) is 0 Å². The smallest absolute Gasteiger partial charge is 0.141 e. The minimum atomic E-state index is -3.92. The zero-order valence-electron chi connectivity index (χ0n) is 15.8. The van der Waals surface area contributed by atoms with E-state index in [2.05, 4.69) is 39.4 Å². The van der Waals surface area contributed by atoms with Crippen molar-refractivity contribution in [1.82, 2.24) is 0 Å². The molecule has 0 spiro atoms. The van der Waals surface area contributed by atoms with Crippen LogP contribution in [0.2, 0.25) is 0 Å². The lowest BCUT2D eigenvalue weighted by atomic mass is 10.1. The minimum absolute atomic E-state index is 0.604. The summed E-state index contributed by atoms with van der Waals surface area (Å²) in [6, 6.07) is 0. The van der Waals surface area contributed by atoms with Gasteiger partial charge in [-0.25, -0.2) is 8.42 Å². The van der Waals surface area contributed by atoms with Crippen LogP contribution in [0.1, 0.15) is 58.3 Å². The first kappa shape index (κ1) is 25.1. The first-order valence-electron chi connectivity index (χ1n) is 9.25. The molecule has 0 radical (unpaired) electrons. The lowest BCUT2D eigenvalue weighted by molar-refractivity contribution is -0.928. The Bertz CT molecular complexity index is 471. The second-order valence-electron chi connectivity index (χ2n) is 6.73. The lowest BCUT2D eigenvalue weighted by Crippen LogP contribution is -2.55. The van der Waals surface area contributed by atoms with Gasteiger partial charge in [0.25, 0.3) is 0 Å². The molecule has 7 heteroatoms. The van der Waals surface area contributed by atoms with Crippen LogP contribution in [0.4, 0.5) is 0 Å². The van der Waals surface area contributed by atoms with Gasteiger partial charge in [-0.2, -0.15) is 0 Å². The number of morpholine rings is 1. The third kappa shape index (κ3) is 17.3. The Morgan fingerprint density at radius 2 is 1.52 bits per heavy atom. The van der Waals surface area contributed by atoms with Crippen molar-refractivity contribution in [3.63, 3.8) is 0 Å². The predicted molar refractivity (Wildman–Crippen MR) is 111 cm³/mol. The molecule has 0 bridgehead atoms. The van der Waals surface area contributed by atoms with Crippen molar-refractivity contribution in [3.8, 4) is 9.85 Å².